The fourth-order valence-electron chi connectivity index (χ4n) is 7.91. The third kappa shape index (κ3) is 13.0. The molecule has 384 valence electrons. The topological polar surface area (TPSA) is 372 Å². The number of hydrazine groups is 1. The van der Waals surface area contributed by atoms with Crippen LogP contribution in [0.3, 0.4) is 0 Å². The summed E-state index contributed by atoms with van der Waals surface area (Å²) in [4.78, 5) is 61.3. The van der Waals surface area contributed by atoms with Crippen molar-refractivity contribution in [2.24, 2.45) is 0 Å². The second-order valence-electron chi connectivity index (χ2n) is 16.2. The lowest BCUT2D eigenvalue weighted by Crippen LogP contribution is -2.47. The Labute approximate surface area is 411 Å². The summed E-state index contributed by atoms with van der Waals surface area (Å²) in [6.45, 7) is 1.06. The summed E-state index contributed by atoms with van der Waals surface area (Å²) in [6.07, 6.45) is -0.457. The minimum absolute atomic E-state index is 0.00562. The van der Waals surface area contributed by atoms with Gasteiger partial charge in [0.1, 0.15) is 6.04 Å². The first-order chi connectivity index (χ1) is 34.1. The standard InChI is InChI=1S/C46H52N8O16S2/c1-49-53(2)25-28-23-26-5-3-4-6-36(26)54(28)18-15-37(55)52-35(13-14-38(56)57)45(59)51-17-20-69-22-21-68-19-16-50-44(58)27-7-8-29(32(24-27)46(60)61)39-30-9-11-33(47)42(71(62,63)64)40(30)70-41-31(39)10-12-34(48)43(41)72(65,66)67/h3-12,23-24,35,47,49H,13-22,25,48H2,1-2H3,(H,50,58)(H,51,59)(H,52,55)(H,56,57)(H,60,61)(H,62,63,64)(H,65,66,67)/t35-/m0/s1. The molecule has 0 unspecified atom stereocenters. The first-order valence-electron chi connectivity index (χ1n) is 22.0. The van der Waals surface area contributed by atoms with Crippen LogP contribution < -0.4 is 32.5 Å². The van der Waals surface area contributed by atoms with Crippen LogP contribution in [0.5, 0.6) is 0 Å². The smallest absolute Gasteiger partial charge is 0.336 e. The van der Waals surface area contributed by atoms with Crippen molar-refractivity contribution in [3.8, 4) is 22.5 Å². The van der Waals surface area contributed by atoms with E-state index in [1.165, 1.54) is 24.3 Å². The number of ether oxygens (including phenoxy) is 2. The van der Waals surface area contributed by atoms with Crippen LogP contribution in [0.2, 0.25) is 0 Å². The molecule has 3 aromatic carbocycles. The summed E-state index contributed by atoms with van der Waals surface area (Å²) in [5.74, 6) is -5.18. The van der Waals surface area contributed by atoms with E-state index in [0.717, 1.165) is 34.8 Å². The number of anilines is 1. The minimum Gasteiger partial charge on any atom is -0.481 e. The van der Waals surface area contributed by atoms with Crippen LogP contribution in [-0.4, -0.2) is 135 Å². The normalized spacial score (nSPS) is 12.3. The lowest BCUT2D eigenvalue weighted by atomic mass is 9.89. The van der Waals surface area contributed by atoms with Crippen LogP contribution in [-0.2, 0) is 57.2 Å². The number of rotatable bonds is 25. The van der Waals surface area contributed by atoms with Crippen molar-refractivity contribution in [1.29, 1.82) is 5.41 Å². The Kier molecular flexibility index (Phi) is 17.5. The van der Waals surface area contributed by atoms with Crippen molar-refractivity contribution < 1.29 is 74.0 Å². The Morgan fingerprint density at radius 2 is 1.50 bits per heavy atom. The van der Waals surface area contributed by atoms with Gasteiger partial charge in [0.15, 0.2) is 21.1 Å². The number of nitrogens with two attached hydrogens (primary N) is 1. The molecule has 24 nitrogen and oxygen atoms in total. The number of nitrogens with one attached hydrogen (secondary N) is 5. The number of benzene rings is 4. The van der Waals surface area contributed by atoms with E-state index in [4.69, 9.17) is 25.0 Å². The van der Waals surface area contributed by atoms with Crippen LogP contribution in [0.25, 0.3) is 44.3 Å². The van der Waals surface area contributed by atoms with Gasteiger partial charge in [0, 0.05) is 72.8 Å². The molecule has 2 heterocycles. The van der Waals surface area contributed by atoms with Crippen molar-refractivity contribution >= 4 is 77.5 Å². The van der Waals surface area contributed by atoms with Crippen molar-refractivity contribution in [2.75, 3.05) is 59.3 Å². The first-order valence-corrected chi connectivity index (χ1v) is 24.9. The van der Waals surface area contributed by atoms with E-state index < -0.39 is 93.7 Å². The van der Waals surface area contributed by atoms with Gasteiger partial charge in [-0.1, -0.05) is 24.3 Å². The maximum atomic E-state index is 13.2. The van der Waals surface area contributed by atoms with Crippen LogP contribution in [0.4, 0.5) is 5.69 Å². The molecule has 0 spiro atoms. The maximum Gasteiger partial charge on any atom is 0.336 e. The number of aryl methyl sites for hydroxylation is 1. The summed E-state index contributed by atoms with van der Waals surface area (Å²) in [5.41, 5.74) is 8.40. The molecular formula is C46H52N8O16S2. The van der Waals surface area contributed by atoms with Gasteiger partial charge in [-0.15, -0.1) is 0 Å². The molecule has 2 aliphatic rings. The molecular weight excluding hydrogens is 985 g/mol. The number of nitrogens with zero attached hydrogens (tertiary/aromatic N) is 2. The Hall–Kier alpha value is -7.30. The monoisotopic (exact) mass is 1040 g/mol. The third-order valence-corrected chi connectivity index (χ3v) is 13.1. The van der Waals surface area contributed by atoms with E-state index in [0.29, 0.717) is 13.1 Å². The molecule has 0 radical (unpaired) electrons. The molecule has 0 saturated carbocycles. The highest BCUT2D eigenvalue weighted by Crippen LogP contribution is 2.45. The Bertz CT molecular complexity index is 3300. The zero-order chi connectivity index (χ0) is 52.5. The number of carbonyl (C=O) groups is 5. The van der Waals surface area contributed by atoms with Gasteiger partial charge >= 0.3 is 11.9 Å². The average Bonchev–Trinajstić information content (AvgIpc) is 3.66. The quantitative estimate of drug-likeness (QED) is 0.0129. The second kappa shape index (κ2) is 23.3. The largest absolute Gasteiger partial charge is 0.481 e. The minimum atomic E-state index is -5.23. The van der Waals surface area contributed by atoms with E-state index in [-0.39, 0.29) is 86.4 Å². The zero-order valence-electron chi connectivity index (χ0n) is 38.8. The number of nitrogen functional groups attached to an aromatic ring is 1. The van der Waals surface area contributed by atoms with Gasteiger partial charge in [0.2, 0.25) is 11.8 Å². The summed E-state index contributed by atoms with van der Waals surface area (Å²) in [7, 11) is -6.72. The predicted octanol–water partition coefficient (Wildman–Crippen LogP) is 2.30. The van der Waals surface area contributed by atoms with Crippen LogP contribution in [0.15, 0.2) is 87.0 Å². The molecule has 3 amide bonds. The second-order valence-corrected chi connectivity index (χ2v) is 18.9. The van der Waals surface area contributed by atoms with E-state index in [2.05, 4.69) is 21.4 Å². The molecule has 1 atom stereocenters. The van der Waals surface area contributed by atoms with Crippen LogP contribution in [0.1, 0.15) is 45.7 Å². The van der Waals surface area contributed by atoms with E-state index in [9.17, 15) is 60.1 Å². The summed E-state index contributed by atoms with van der Waals surface area (Å²) >= 11 is 0. The summed E-state index contributed by atoms with van der Waals surface area (Å²) < 4.78 is 88.8. The van der Waals surface area contributed by atoms with Crippen molar-refractivity contribution in [3.05, 3.63) is 95.0 Å². The number of hydrogen-bond donors (Lipinski definition) is 10. The van der Waals surface area contributed by atoms with Crippen molar-refractivity contribution in [2.45, 2.75) is 48.2 Å². The SMILES string of the molecule is CNN(C)Cc1cc2ccccc2n1CCC(=O)N[C@@H](CCC(=O)O)C(=O)NCCOCCOCCNC(=O)c1ccc(-c2c3ccc(=N)c(S(=O)(=O)O)c-3oc3c(S(=O)(=O)O)c(N)ccc23)c(C(=O)O)c1. The highest BCUT2D eigenvalue weighted by molar-refractivity contribution is 7.86. The molecule has 6 rings (SSSR count). The fraction of sp³-hybridized carbons (Fsp3) is 0.304. The number of amides is 3. The lowest BCUT2D eigenvalue weighted by molar-refractivity contribution is -0.138. The van der Waals surface area contributed by atoms with E-state index in [1.54, 1.807) is 7.05 Å². The van der Waals surface area contributed by atoms with E-state index in [1.807, 2.05) is 47.0 Å². The molecule has 0 fully saturated rings. The molecule has 1 aromatic heterocycles. The Morgan fingerprint density at radius 1 is 0.833 bits per heavy atom. The Morgan fingerprint density at radius 3 is 2.15 bits per heavy atom. The number of hydrogen-bond acceptors (Lipinski definition) is 16. The van der Waals surface area contributed by atoms with Gasteiger partial charge in [-0.3, -0.25) is 39.1 Å². The first kappa shape index (κ1) is 54.0. The van der Waals surface area contributed by atoms with Gasteiger partial charge in [-0.2, -0.15) is 16.8 Å². The van der Waals surface area contributed by atoms with Gasteiger partial charge in [0.25, 0.3) is 26.1 Å². The number of aliphatic carboxylic acids is 1. The average molecular weight is 1040 g/mol. The van der Waals surface area contributed by atoms with Crippen molar-refractivity contribution in [3.63, 3.8) is 0 Å². The number of para-hydroxylation sites is 1. The van der Waals surface area contributed by atoms with Crippen molar-refractivity contribution in [1.82, 2.24) is 31.0 Å². The lowest BCUT2D eigenvalue weighted by Gasteiger charge is -2.20. The zero-order valence-corrected chi connectivity index (χ0v) is 40.4. The van der Waals surface area contributed by atoms with Crippen LogP contribution in [0, 0.1) is 5.41 Å². The highest BCUT2D eigenvalue weighted by Gasteiger charge is 2.32. The molecule has 1 aliphatic heterocycles. The Balaban J connectivity index is 1.01. The molecule has 0 saturated heterocycles. The molecule has 26 heteroatoms. The number of aromatic carboxylic acids is 1. The number of aromatic nitrogens is 1. The van der Waals surface area contributed by atoms with Gasteiger partial charge in [-0.25, -0.2) is 9.80 Å². The number of carboxylic acid groups (broad SMARTS) is 2. The van der Waals surface area contributed by atoms with Gasteiger partial charge in [-0.05, 0) is 72.9 Å². The van der Waals surface area contributed by atoms with Crippen LogP contribution >= 0.6 is 0 Å². The molecule has 11 N–H and O–H groups in total. The third-order valence-electron chi connectivity index (χ3n) is 11.3. The number of carbonyl (C=O) groups excluding carboxylic acids is 3. The summed E-state index contributed by atoms with van der Waals surface area (Å²) in [6, 6.07) is 16.6. The maximum absolute atomic E-state index is 13.2. The predicted molar refractivity (Wildman–Crippen MR) is 258 cm³/mol. The fourth-order valence-corrected chi connectivity index (χ4v) is 9.39. The number of carboxylic acids is 2. The molecule has 4 aromatic rings. The van der Waals surface area contributed by atoms with Gasteiger partial charge in [0.05, 0.1) is 49.6 Å². The van der Waals surface area contributed by atoms with Gasteiger partial charge < -0.3 is 50.4 Å². The number of fused-ring (bicyclic) bond motifs is 3. The molecule has 0 bridgehead atoms. The molecule has 1 aliphatic carbocycles. The molecule has 72 heavy (non-hydrogen) atoms. The summed E-state index contributed by atoms with van der Waals surface area (Å²) in [5, 5.41) is 37.6. The van der Waals surface area contributed by atoms with E-state index >= 15 is 0 Å². The highest BCUT2D eigenvalue weighted by atomic mass is 32.2.